The van der Waals surface area contributed by atoms with E-state index in [0.29, 0.717) is 0 Å². The minimum atomic E-state index is 1.13. The highest BCUT2D eigenvalue weighted by atomic mass is 15.2. The van der Waals surface area contributed by atoms with Gasteiger partial charge in [0.25, 0.3) is 0 Å². The normalized spacial score (nSPS) is 17.8. The Kier molecular flexibility index (Phi) is 3.07. The van der Waals surface area contributed by atoms with E-state index in [9.17, 15) is 0 Å². The van der Waals surface area contributed by atoms with Crippen molar-refractivity contribution in [2.24, 2.45) is 0 Å². The quantitative estimate of drug-likeness (QED) is 0.724. The fraction of sp³-hybridized carbons (Fsp3) is 0.385. The van der Waals surface area contributed by atoms with E-state index < -0.39 is 0 Å². The Morgan fingerprint density at radius 2 is 1.67 bits per heavy atom. The lowest BCUT2D eigenvalue weighted by Crippen LogP contribution is -2.44. The third kappa shape index (κ3) is 2.39. The molecule has 1 aromatic rings. The molecule has 1 aromatic carbocycles. The minimum absolute atomic E-state index is 1.13. The van der Waals surface area contributed by atoms with Gasteiger partial charge >= 0.3 is 0 Å². The Bertz CT molecular complexity index is 321. The molecule has 0 aliphatic carbocycles. The lowest BCUT2D eigenvalue weighted by molar-refractivity contribution is 0.313. The van der Waals surface area contributed by atoms with Crippen LogP contribution in [0, 0.1) is 0 Å². The van der Waals surface area contributed by atoms with E-state index in [4.69, 9.17) is 0 Å². The molecule has 0 atom stereocenters. The number of hydrogen-bond acceptors (Lipinski definition) is 2. The van der Waals surface area contributed by atoms with Gasteiger partial charge in [-0.3, -0.25) is 0 Å². The number of hydrogen-bond donors (Lipinski definition) is 0. The Labute approximate surface area is 91.8 Å². The smallest absolute Gasteiger partial charge is 0.0367 e. The third-order valence-corrected chi connectivity index (χ3v) is 3.00. The summed E-state index contributed by atoms with van der Waals surface area (Å²) in [4.78, 5) is 4.81. The number of likely N-dealkylation sites (N-methyl/N-ethyl adjacent to an activating group) is 1. The molecule has 1 aliphatic heterocycles. The highest BCUT2D eigenvalue weighted by Crippen LogP contribution is 2.17. The molecule has 0 saturated carbocycles. The Balaban J connectivity index is 2.06. The lowest BCUT2D eigenvalue weighted by Gasteiger charge is -2.34. The number of piperazine rings is 1. The molecule has 1 aliphatic rings. The van der Waals surface area contributed by atoms with Crippen molar-refractivity contribution in [2.75, 3.05) is 38.1 Å². The highest BCUT2D eigenvalue weighted by molar-refractivity contribution is 5.55. The van der Waals surface area contributed by atoms with Gasteiger partial charge in [-0.25, -0.2) is 0 Å². The summed E-state index contributed by atoms with van der Waals surface area (Å²) in [6.07, 6.45) is 1.88. The number of benzene rings is 1. The fourth-order valence-corrected chi connectivity index (χ4v) is 1.89. The molecule has 0 bridgehead atoms. The molecule has 1 heterocycles. The summed E-state index contributed by atoms with van der Waals surface area (Å²) in [6, 6.07) is 8.62. The zero-order valence-electron chi connectivity index (χ0n) is 9.32. The van der Waals surface area contributed by atoms with Crippen LogP contribution < -0.4 is 4.90 Å². The summed E-state index contributed by atoms with van der Waals surface area (Å²) < 4.78 is 0. The van der Waals surface area contributed by atoms with E-state index in [-0.39, 0.29) is 0 Å². The summed E-state index contributed by atoms with van der Waals surface area (Å²) in [5, 5.41) is 0. The van der Waals surface area contributed by atoms with Gasteiger partial charge in [0.05, 0.1) is 0 Å². The van der Waals surface area contributed by atoms with Gasteiger partial charge in [-0.2, -0.15) is 0 Å². The standard InChI is InChI=1S/C13H18N2/c1-3-12-4-6-13(7-5-12)15-10-8-14(2)9-11-15/h3-7H,1,8-11H2,2H3. The average molecular weight is 202 g/mol. The van der Waals surface area contributed by atoms with E-state index in [2.05, 4.69) is 47.7 Å². The van der Waals surface area contributed by atoms with Gasteiger partial charge in [-0.1, -0.05) is 24.8 Å². The van der Waals surface area contributed by atoms with Gasteiger partial charge < -0.3 is 9.80 Å². The van der Waals surface area contributed by atoms with Gasteiger partial charge in [0.1, 0.15) is 0 Å². The van der Waals surface area contributed by atoms with Gasteiger partial charge in [0.15, 0.2) is 0 Å². The molecule has 2 heteroatoms. The SMILES string of the molecule is C=Cc1ccc(N2CCN(C)CC2)cc1. The first-order chi connectivity index (χ1) is 7.29. The molecular weight excluding hydrogens is 184 g/mol. The third-order valence-electron chi connectivity index (χ3n) is 3.00. The van der Waals surface area contributed by atoms with Crippen molar-refractivity contribution >= 4 is 11.8 Å². The predicted octanol–water partition coefficient (Wildman–Crippen LogP) is 2.08. The van der Waals surface area contributed by atoms with Gasteiger partial charge in [-0.05, 0) is 24.7 Å². The molecule has 0 radical (unpaired) electrons. The molecule has 1 saturated heterocycles. The zero-order valence-corrected chi connectivity index (χ0v) is 9.32. The van der Waals surface area contributed by atoms with Crippen molar-refractivity contribution in [3.63, 3.8) is 0 Å². The Morgan fingerprint density at radius 1 is 1.07 bits per heavy atom. The summed E-state index contributed by atoms with van der Waals surface area (Å²) in [6.45, 7) is 8.33. The minimum Gasteiger partial charge on any atom is -0.369 e. The van der Waals surface area contributed by atoms with E-state index in [1.165, 1.54) is 11.3 Å². The summed E-state index contributed by atoms with van der Waals surface area (Å²) in [7, 11) is 2.18. The summed E-state index contributed by atoms with van der Waals surface area (Å²) in [5.74, 6) is 0. The maximum atomic E-state index is 3.76. The van der Waals surface area contributed by atoms with Crippen molar-refractivity contribution in [1.29, 1.82) is 0 Å². The van der Waals surface area contributed by atoms with E-state index in [1.54, 1.807) is 0 Å². The molecule has 1 fully saturated rings. The van der Waals surface area contributed by atoms with Crippen molar-refractivity contribution in [2.45, 2.75) is 0 Å². The van der Waals surface area contributed by atoms with E-state index >= 15 is 0 Å². The first-order valence-electron chi connectivity index (χ1n) is 5.45. The molecule has 2 nitrogen and oxygen atoms in total. The number of nitrogens with zero attached hydrogens (tertiary/aromatic N) is 2. The Hall–Kier alpha value is -1.28. The van der Waals surface area contributed by atoms with Crippen LogP contribution >= 0.6 is 0 Å². The summed E-state index contributed by atoms with van der Waals surface area (Å²) in [5.41, 5.74) is 2.52. The fourth-order valence-electron chi connectivity index (χ4n) is 1.89. The van der Waals surface area contributed by atoms with Crippen LogP contribution in [0.5, 0.6) is 0 Å². The van der Waals surface area contributed by atoms with Crippen LogP contribution in [0.4, 0.5) is 5.69 Å². The highest BCUT2D eigenvalue weighted by Gasteiger charge is 2.13. The van der Waals surface area contributed by atoms with Crippen molar-refractivity contribution in [3.8, 4) is 0 Å². The maximum Gasteiger partial charge on any atom is 0.0367 e. The monoisotopic (exact) mass is 202 g/mol. The van der Waals surface area contributed by atoms with Gasteiger partial charge in [0, 0.05) is 31.9 Å². The molecule has 0 amide bonds. The molecule has 2 rings (SSSR count). The second kappa shape index (κ2) is 4.49. The largest absolute Gasteiger partial charge is 0.369 e. The van der Waals surface area contributed by atoms with Crippen molar-refractivity contribution in [1.82, 2.24) is 4.90 Å². The average Bonchev–Trinajstić information content (AvgIpc) is 2.30. The van der Waals surface area contributed by atoms with Crippen LogP contribution in [0.25, 0.3) is 6.08 Å². The van der Waals surface area contributed by atoms with Crippen LogP contribution in [-0.2, 0) is 0 Å². The molecule has 80 valence electrons. The second-order valence-electron chi connectivity index (χ2n) is 4.09. The van der Waals surface area contributed by atoms with Crippen LogP contribution in [0.15, 0.2) is 30.8 Å². The first kappa shape index (κ1) is 10.2. The molecular formula is C13H18N2. The topological polar surface area (TPSA) is 6.48 Å². The van der Waals surface area contributed by atoms with Crippen molar-refractivity contribution < 1.29 is 0 Å². The van der Waals surface area contributed by atoms with E-state index in [0.717, 1.165) is 26.2 Å². The number of anilines is 1. The molecule has 0 spiro atoms. The second-order valence-corrected chi connectivity index (χ2v) is 4.09. The molecule has 0 aromatic heterocycles. The van der Waals surface area contributed by atoms with Crippen LogP contribution in [0.1, 0.15) is 5.56 Å². The molecule has 15 heavy (non-hydrogen) atoms. The lowest BCUT2D eigenvalue weighted by atomic mass is 10.2. The number of rotatable bonds is 2. The predicted molar refractivity (Wildman–Crippen MR) is 66.2 cm³/mol. The van der Waals surface area contributed by atoms with Gasteiger partial charge in [-0.15, -0.1) is 0 Å². The summed E-state index contributed by atoms with van der Waals surface area (Å²) >= 11 is 0. The molecule has 0 N–H and O–H groups in total. The van der Waals surface area contributed by atoms with Gasteiger partial charge in [0.2, 0.25) is 0 Å². The zero-order chi connectivity index (χ0) is 10.7. The maximum absolute atomic E-state index is 3.76. The van der Waals surface area contributed by atoms with Crippen molar-refractivity contribution in [3.05, 3.63) is 36.4 Å². The molecule has 0 unspecified atom stereocenters. The van der Waals surface area contributed by atoms with E-state index in [1.807, 2.05) is 6.08 Å². The van der Waals surface area contributed by atoms with Crippen LogP contribution in [0.2, 0.25) is 0 Å². The Morgan fingerprint density at radius 3 is 2.20 bits per heavy atom. The van der Waals surface area contributed by atoms with Crippen LogP contribution in [-0.4, -0.2) is 38.1 Å². The van der Waals surface area contributed by atoms with Crippen LogP contribution in [0.3, 0.4) is 0 Å². The first-order valence-corrected chi connectivity index (χ1v) is 5.45.